The molecule has 0 spiro atoms. The molecule has 2 unspecified atom stereocenters. The lowest BCUT2D eigenvalue weighted by molar-refractivity contribution is 0.0694. The van der Waals surface area contributed by atoms with E-state index in [0.29, 0.717) is 11.6 Å². The molecule has 0 aliphatic heterocycles. The van der Waals surface area contributed by atoms with Gasteiger partial charge in [-0.25, -0.2) is 9.78 Å². The number of aromatic carboxylic acids is 1. The summed E-state index contributed by atoms with van der Waals surface area (Å²) >= 11 is 0. The van der Waals surface area contributed by atoms with E-state index in [0.717, 1.165) is 12.8 Å². The highest BCUT2D eigenvalue weighted by Crippen LogP contribution is 2.11. The predicted molar refractivity (Wildman–Crippen MR) is 76.9 cm³/mol. The molecule has 0 radical (unpaired) electrons. The fraction of sp³-hybridized carbons (Fsp3) is 0.533. The normalized spacial score (nSPS) is 13.6. The van der Waals surface area contributed by atoms with Crippen LogP contribution in [0.5, 0.6) is 0 Å². The van der Waals surface area contributed by atoms with E-state index in [9.17, 15) is 9.59 Å². The van der Waals surface area contributed by atoms with Crippen molar-refractivity contribution in [3.05, 3.63) is 29.1 Å². The number of nitrogens with zero attached hydrogens (tertiary/aromatic N) is 1. The molecule has 0 bridgehead atoms. The number of nitrogens with one attached hydrogen (secondary N) is 1. The molecule has 20 heavy (non-hydrogen) atoms. The van der Waals surface area contributed by atoms with Gasteiger partial charge in [0.25, 0.3) is 5.91 Å². The third kappa shape index (κ3) is 4.33. The maximum Gasteiger partial charge on any atom is 0.337 e. The van der Waals surface area contributed by atoms with Crippen LogP contribution in [0.15, 0.2) is 12.1 Å². The molecule has 5 nitrogen and oxygen atoms in total. The van der Waals surface area contributed by atoms with Gasteiger partial charge in [-0.1, -0.05) is 20.3 Å². The van der Waals surface area contributed by atoms with Crippen LogP contribution in [0, 0.1) is 12.8 Å². The molecular weight excluding hydrogens is 256 g/mol. The van der Waals surface area contributed by atoms with Gasteiger partial charge in [0.2, 0.25) is 0 Å². The van der Waals surface area contributed by atoms with Crippen molar-refractivity contribution in [1.29, 1.82) is 0 Å². The van der Waals surface area contributed by atoms with Gasteiger partial charge in [0.15, 0.2) is 0 Å². The number of amides is 1. The zero-order chi connectivity index (χ0) is 15.3. The maximum atomic E-state index is 12.0. The molecule has 1 rings (SSSR count). The van der Waals surface area contributed by atoms with E-state index in [1.807, 2.05) is 6.92 Å². The van der Waals surface area contributed by atoms with Crippen LogP contribution < -0.4 is 5.32 Å². The van der Waals surface area contributed by atoms with Crippen LogP contribution in [0.4, 0.5) is 0 Å². The topological polar surface area (TPSA) is 79.3 Å². The SMILES string of the molecule is CCC(C)CC(C)NC(=O)c1ccc(C(=O)O)c(C)n1. The van der Waals surface area contributed by atoms with Gasteiger partial charge in [-0.15, -0.1) is 0 Å². The Hall–Kier alpha value is -1.91. The zero-order valence-electron chi connectivity index (χ0n) is 12.4. The summed E-state index contributed by atoms with van der Waals surface area (Å²) in [4.78, 5) is 27.0. The average Bonchev–Trinajstić information content (AvgIpc) is 2.37. The van der Waals surface area contributed by atoms with Crippen LogP contribution in [0.1, 0.15) is 60.2 Å². The predicted octanol–water partition coefficient (Wildman–Crippen LogP) is 2.64. The molecule has 2 atom stereocenters. The van der Waals surface area contributed by atoms with Crippen molar-refractivity contribution in [2.45, 2.75) is 46.6 Å². The van der Waals surface area contributed by atoms with E-state index in [4.69, 9.17) is 5.11 Å². The van der Waals surface area contributed by atoms with Crippen LogP contribution >= 0.6 is 0 Å². The van der Waals surface area contributed by atoms with Gasteiger partial charge in [0.05, 0.1) is 11.3 Å². The summed E-state index contributed by atoms with van der Waals surface area (Å²) in [5.74, 6) is -0.748. The number of carboxylic acids is 1. The van der Waals surface area contributed by atoms with Crippen molar-refractivity contribution in [1.82, 2.24) is 10.3 Å². The van der Waals surface area contributed by atoms with Crippen molar-refractivity contribution in [3.8, 4) is 0 Å². The van der Waals surface area contributed by atoms with Gasteiger partial charge in [0.1, 0.15) is 5.69 Å². The Morgan fingerprint density at radius 2 is 2.00 bits per heavy atom. The molecule has 2 N–H and O–H groups in total. The van der Waals surface area contributed by atoms with Crippen LogP contribution in [0.25, 0.3) is 0 Å². The first-order chi connectivity index (χ1) is 9.35. The molecule has 0 fully saturated rings. The van der Waals surface area contributed by atoms with Crippen LogP contribution in [-0.4, -0.2) is 28.0 Å². The molecule has 110 valence electrons. The molecule has 0 aliphatic carbocycles. The van der Waals surface area contributed by atoms with Gasteiger partial charge >= 0.3 is 5.97 Å². The molecule has 0 aliphatic rings. The van der Waals surface area contributed by atoms with Gasteiger partial charge in [-0.05, 0) is 38.3 Å². The second-order valence-corrected chi connectivity index (χ2v) is 5.26. The lowest BCUT2D eigenvalue weighted by Crippen LogP contribution is -2.34. The lowest BCUT2D eigenvalue weighted by Gasteiger charge is -2.17. The summed E-state index contributed by atoms with van der Waals surface area (Å²) in [6, 6.07) is 2.93. The number of rotatable bonds is 6. The summed E-state index contributed by atoms with van der Waals surface area (Å²) in [6.45, 7) is 7.81. The maximum absolute atomic E-state index is 12.0. The number of pyridine rings is 1. The summed E-state index contributed by atoms with van der Waals surface area (Å²) < 4.78 is 0. The van der Waals surface area contributed by atoms with E-state index in [1.54, 1.807) is 6.92 Å². The molecule has 0 saturated heterocycles. The monoisotopic (exact) mass is 278 g/mol. The van der Waals surface area contributed by atoms with Crippen molar-refractivity contribution < 1.29 is 14.7 Å². The van der Waals surface area contributed by atoms with Gasteiger partial charge in [-0.2, -0.15) is 0 Å². The second-order valence-electron chi connectivity index (χ2n) is 5.26. The highest BCUT2D eigenvalue weighted by Gasteiger charge is 2.15. The fourth-order valence-corrected chi connectivity index (χ4v) is 2.04. The number of aryl methyl sites for hydroxylation is 1. The quantitative estimate of drug-likeness (QED) is 0.838. The highest BCUT2D eigenvalue weighted by atomic mass is 16.4. The number of carbonyl (C=O) groups is 2. The number of hydrogen-bond acceptors (Lipinski definition) is 3. The van der Waals surface area contributed by atoms with Crippen molar-refractivity contribution >= 4 is 11.9 Å². The highest BCUT2D eigenvalue weighted by molar-refractivity contribution is 5.94. The Balaban J connectivity index is 2.73. The molecular formula is C15H22N2O3. The Kier molecular flexibility index (Phi) is 5.67. The minimum atomic E-state index is -1.04. The molecule has 5 heteroatoms. The largest absolute Gasteiger partial charge is 0.478 e. The van der Waals surface area contributed by atoms with E-state index in [-0.39, 0.29) is 23.2 Å². The first-order valence-electron chi connectivity index (χ1n) is 6.86. The first-order valence-corrected chi connectivity index (χ1v) is 6.86. The Labute approximate surface area is 119 Å². The summed E-state index contributed by atoms with van der Waals surface area (Å²) in [6.07, 6.45) is 1.99. The first kappa shape index (κ1) is 16.1. The standard InChI is InChI=1S/C15H22N2O3/c1-5-9(2)8-10(3)16-14(18)13-7-6-12(15(19)20)11(4)17-13/h6-7,9-10H,5,8H2,1-4H3,(H,16,18)(H,19,20). The minimum Gasteiger partial charge on any atom is -0.478 e. The Morgan fingerprint density at radius 1 is 1.35 bits per heavy atom. The molecule has 1 heterocycles. The van der Waals surface area contributed by atoms with Crippen molar-refractivity contribution in [2.75, 3.05) is 0 Å². The minimum absolute atomic E-state index is 0.0682. The second kappa shape index (κ2) is 7.03. The van der Waals surface area contributed by atoms with Crippen LogP contribution in [-0.2, 0) is 0 Å². The van der Waals surface area contributed by atoms with E-state index >= 15 is 0 Å². The third-order valence-corrected chi connectivity index (χ3v) is 3.38. The number of carbonyl (C=O) groups excluding carboxylic acids is 1. The van der Waals surface area contributed by atoms with Crippen molar-refractivity contribution in [3.63, 3.8) is 0 Å². The summed E-state index contributed by atoms with van der Waals surface area (Å²) in [5, 5.41) is 11.8. The molecule has 0 aromatic carbocycles. The summed E-state index contributed by atoms with van der Waals surface area (Å²) in [7, 11) is 0. The lowest BCUT2D eigenvalue weighted by atomic mass is 10.0. The average molecular weight is 278 g/mol. The van der Waals surface area contributed by atoms with Crippen LogP contribution in [0.2, 0.25) is 0 Å². The number of carboxylic acid groups (broad SMARTS) is 1. The van der Waals surface area contributed by atoms with Gasteiger partial charge in [0, 0.05) is 6.04 Å². The smallest absolute Gasteiger partial charge is 0.337 e. The van der Waals surface area contributed by atoms with E-state index in [1.165, 1.54) is 12.1 Å². The Bertz CT molecular complexity index is 500. The number of hydrogen-bond donors (Lipinski definition) is 2. The molecule has 1 amide bonds. The van der Waals surface area contributed by atoms with Crippen LogP contribution in [0.3, 0.4) is 0 Å². The third-order valence-electron chi connectivity index (χ3n) is 3.38. The van der Waals surface area contributed by atoms with Gasteiger partial charge < -0.3 is 10.4 Å². The zero-order valence-corrected chi connectivity index (χ0v) is 12.4. The Morgan fingerprint density at radius 3 is 2.50 bits per heavy atom. The molecule has 0 saturated carbocycles. The molecule has 1 aromatic rings. The molecule has 1 aromatic heterocycles. The van der Waals surface area contributed by atoms with E-state index < -0.39 is 5.97 Å². The van der Waals surface area contributed by atoms with E-state index in [2.05, 4.69) is 24.1 Å². The summed E-state index contributed by atoms with van der Waals surface area (Å²) in [5.41, 5.74) is 0.720. The fourth-order valence-electron chi connectivity index (χ4n) is 2.04. The van der Waals surface area contributed by atoms with Crippen molar-refractivity contribution in [2.24, 2.45) is 5.92 Å². The number of aromatic nitrogens is 1. The van der Waals surface area contributed by atoms with Gasteiger partial charge in [-0.3, -0.25) is 4.79 Å².